The Morgan fingerprint density at radius 1 is 1.57 bits per heavy atom. The second kappa shape index (κ2) is 6.75. The fourth-order valence-corrected chi connectivity index (χ4v) is 4.61. The maximum Gasteiger partial charge on any atom is 0.231 e. The first-order chi connectivity index (χ1) is 11.0. The van der Waals surface area contributed by atoms with Crippen LogP contribution in [0.3, 0.4) is 0 Å². The van der Waals surface area contributed by atoms with Crippen molar-refractivity contribution in [1.82, 2.24) is 9.97 Å². The minimum atomic E-state index is -0.431. The maximum absolute atomic E-state index is 13.3. The Morgan fingerprint density at radius 3 is 2.96 bits per heavy atom. The van der Waals surface area contributed by atoms with Crippen LogP contribution in [0.15, 0.2) is 18.5 Å². The molecule has 0 N–H and O–H groups in total. The smallest absolute Gasteiger partial charge is 0.231 e. The lowest BCUT2D eigenvalue weighted by Crippen LogP contribution is -2.32. The summed E-state index contributed by atoms with van der Waals surface area (Å²) in [5, 5.41) is 1.84. The van der Waals surface area contributed by atoms with E-state index in [1.807, 2.05) is 13.2 Å². The zero-order valence-corrected chi connectivity index (χ0v) is 15.0. The topological polar surface area (TPSA) is 46.1 Å². The molecule has 3 rings (SSSR count). The lowest BCUT2D eigenvalue weighted by Gasteiger charge is -2.19. The number of thiazole rings is 1. The van der Waals surface area contributed by atoms with E-state index < -0.39 is 5.82 Å². The van der Waals surface area contributed by atoms with E-state index in [1.165, 1.54) is 23.6 Å². The highest BCUT2D eigenvalue weighted by Crippen LogP contribution is 2.44. The molecule has 0 aliphatic heterocycles. The number of halogens is 2. The van der Waals surface area contributed by atoms with Gasteiger partial charge in [0.1, 0.15) is 15.8 Å². The van der Waals surface area contributed by atoms with Crippen molar-refractivity contribution in [2.45, 2.75) is 18.6 Å². The van der Waals surface area contributed by atoms with Crippen LogP contribution in [0.5, 0.6) is 0 Å². The van der Waals surface area contributed by atoms with Crippen LogP contribution in [0.2, 0.25) is 5.15 Å². The van der Waals surface area contributed by atoms with Gasteiger partial charge in [-0.2, -0.15) is 11.8 Å². The molecule has 122 valence electrons. The summed E-state index contributed by atoms with van der Waals surface area (Å²) in [7, 11) is 0. The van der Waals surface area contributed by atoms with Gasteiger partial charge in [-0.3, -0.25) is 9.78 Å². The van der Waals surface area contributed by atoms with E-state index >= 15 is 0 Å². The molecular formula is C15H15ClFN3OS2. The van der Waals surface area contributed by atoms with Crippen LogP contribution in [0.1, 0.15) is 13.3 Å². The number of hydrogen-bond donors (Lipinski definition) is 0. The highest BCUT2D eigenvalue weighted by atomic mass is 35.5. The molecule has 0 bridgehead atoms. The average Bonchev–Trinajstić information content (AvgIpc) is 3.24. The number of thioether (sulfide) groups is 1. The van der Waals surface area contributed by atoms with Crippen LogP contribution in [0.4, 0.5) is 9.39 Å². The molecule has 1 saturated carbocycles. The van der Waals surface area contributed by atoms with Crippen LogP contribution < -0.4 is 4.90 Å². The Labute approximate surface area is 147 Å². The van der Waals surface area contributed by atoms with Crippen molar-refractivity contribution >= 4 is 45.6 Å². The number of amides is 1. The van der Waals surface area contributed by atoms with Gasteiger partial charge in [-0.25, -0.2) is 9.37 Å². The van der Waals surface area contributed by atoms with Gasteiger partial charge in [-0.05, 0) is 25.7 Å². The molecule has 0 spiro atoms. The van der Waals surface area contributed by atoms with Gasteiger partial charge in [0, 0.05) is 23.6 Å². The quantitative estimate of drug-likeness (QED) is 0.793. The van der Waals surface area contributed by atoms with Crippen LogP contribution in [-0.4, -0.2) is 33.9 Å². The minimum absolute atomic E-state index is 0.0578. The molecule has 0 saturated heterocycles. The predicted molar refractivity (Wildman–Crippen MR) is 93.8 cm³/mol. The number of anilines is 1. The Kier molecular flexibility index (Phi) is 4.89. The number of nitrogens with zero attached hydrogens (tertiary/aromatic N) is 3. The normalized spacial score (nSPS) is 19.7. The van der Waals surface area contributed by atoms with Gasteiger partial charge in [0.15, 0.2) is 5.15 Å². The number of carbonyl (C=O) groups excluding carboxylic acids is 1. The van der Waals surface area contributed by atoms with Gasteiger partial charge in [-0.1, -0.05) is 22.9 Å². The van der Waals surface area contributed by atoms with E-state index in [4.69, 9.17) is 11.6 Å². The van der Waals surface area contributed by atoms with Gasteiger partial charge < -0.3 is 4.90 Å². The van der Waals surface area contributed by atoms with Gasteiger partial charge in [0.25, 0.3) is 0 Å². The first-order valence-corrected chi connectivity index (χ1v) is 9.64. The molecule has 1 aliphatic rings. The maximum atomic E-state index is 13.3. The number of pyridine rings is 1. The van der Waals surface area contributed by atoms with E-state index in [1.54, 1.807) is 16.7 Å². The molecule has 2 aromatic heterocycles. The summed E-state index contributed by atoms with van der Waals surface area (Å²) in [4.78, 5) is 22.4. The van der Waals surface area contributed by atoms with Crippen LogP contribution >= 0.6 is 34.7 Å². The van der Waals surface area contributed by atoms with E-state index in [0.717, 1.165) is 12.6 Å². The third-order valence-corrected chi connectivity index (χ3v) is 6.33. The molecule has 8 heteroatoms. The van der Waals surface area contributed by atoms with Crippen LogP contribution in [-0.2, 0) is 4.79 Å². The standard InChI is InChI=1S/C15H15ClFN3OS2/c1-3-20(14(21)10-5-11(10)22-2)15-12(16)19-13(23-15)8-4-9(17)7-18-6-8/h4,6-7,10-11H,3,5H2,1-2H3. The number of carbonyl (C=O) groups is 1. The molecule has 4 nitrogen and oxygen atoms in total. The largest absolute Gasteiger partial charge is 0.301 e. The van der Waals surface area contributed by atoms with Gasteiger partial charge in [0.2, 0.25) is 5.91 Å². The Bertz CT molecular complexity index is 739. The molecule has 0 radical (unpaired) electrons. The van der Waals surface area contributed by atoms with E-state index in [2.05, 4.69) is 9.97 Å². The summed E-state index contributed by atoms with van der Waals surface area (Å²) in [6.07, 6.45) is 5.60. The monoisotopic (exact) mass is 371 g/mol. The average molecular weight is 372 g/mol. The SMILES string of the molecule is CCN(C(=O)C1CC1SC)c1sc(-c2cncc(F)c2)nc1Cl. The van der Waals surface area contributed by atoms with Crippen molar-refractivity contribution < 1.29 is 9.18 Å². The summed E-state index contributed by atoms with van der Waals surface area (Å²) < 4.78 is 13.3. The van der Waals surface area contributed by atoms with Crippen molar-refractivity contribution in [3.8, 4) is 10.6 Å². The zero-order chi connectivity index (χ0) is 16.6. The number of aromatic nitrogens is 2. The summed E-state index contributed by atoms with van der Waals surface area (Å²) >= 11 is 9.23. The molecule has 2 atom stereocenters. The number of rotatable bonds is 5. The third kappa shape index (κ3) is 3.36. The molecule has 1 aliphatic carbocycles. The van der Waals surface area contributed by atoms with Crippen molar-refractivity contribution in [2.75, 3.05) is 17.7 Å². The van der Waals surface area contributed by atoms with E-state index in [0.29, 0.717) is 27.4 Å². The molecular weight excluding hydrogens is 357 g/mol. The first kappa shape index (κ1) is 16.7. The lowest BCUT2D eigenvalue weighted by molar-refractivity contribution is -0.119. The Morgan fingerprint density at radius 2 is 2.35 bits per heavy atom. The minimum Gasteiger partial charge on any atom is -0.301 e. The first-order valence-electron chi connectivity index (χ1n) is 7.16. The highest BCUT2D eigenvalue weighted by Gasteiger charge is 2.45. The molecule has 23 heavy (non-hydrogen) atoms. The van der Waals surface area contributed by atoms with Crippen molar-refractivity contribution in [2.24, 2.45) is 5.92 Å². The van der Waals surface area contributed by atoms with Gasteiger partial charge in [0.05, 0.1) is 12.1 Å². The van der Waals surface area contributed by atoms with E-state index in [-0.39, 0.29) is 17.0 Å². The fourth-order valence-electron chi connectivity index (χ4n) is 2.40. The summed E-state index contributed by atoms with van der Waals surface area (Å²) in [5.74, 6) is -0.289. The van der Waals surface area contributed by atoms with Gasteiger partial charge in [-0.15, -0.1) is 0 Å². The van der Waals surface area contributed by atoms with Gasteiger partial charge >= 0.3 is 0 Å². The highest BCUT2D eigenvalue weighted by molar-refractivity contribution is 7.99. The fraction of sp³-hybridized carbons (Fsp3) is 0.400. The Hall–Kier alpha value is -1.18. The van der Waals surface area contributed by atoms with Crippen LogP contribution in [0.25, 0.3) is 10.6 Å². The molecule has 2 unspecified atom stereocenters. The number of hydrogen-bond acceptors (Lipinski definition) is 5. The lowest BCUT2D eigenvalue weighted by atomic mass is 10.3. The summed E-state index contributed by atoms with van der Waals surface area (Å²) in [6.45, 7) is 2.44. The predicted octanol–water partition coefficient (Wildman–Crippen LogP) is 4.10. The zero-order valence-electron chi connectivity index (χ0n) is 12.6. The molecule has 2 heterocycles. The molecule has 2 aromatic rings. The third-order valence-electron chi connectivity index (χ3n) is 3.70. The summed E-state index contributed by atoms with van der Waals surface area (Å²) in [6, 6.07) is 1.36. The molecule has 1 amide bonds. The van der Waals surface area contributed by atoms with Crippen molar-refractivity contribution in [3.63, 3.8) is 0 Å². The second-order valence-corrected chi connectivity index (χ2v) is 7.62. The second-order valence-electron chi connectivity index (χ2n) is 5.21. The Balaban J connectivity index is 1.89. The summed E-state index contributed by atoms with van der Waals surface area (Å²) in [5.41, 5.74) is 0.556. The van der Waals surface area contributed by atoms with Crippen molar-refractivity contribution in [1.29, 1.82) is 0 Å². The van der Waals surface area contributed by atoms with Crippen LogP contribution in [0, 0.1) is 11.7 Å². The van der Waals surface area contributed by atoms with E-state index in [9.17, 15) is 9.18 Å². The molecule has 1 fully saturated rings. The molecule has 0 aromatic carbocycles. The van der Waals surface area contributed by atoms with Crippen molar-refractivity contribution in [3.05, 3.63) is 29.4 Å².